The number of nitrogen functional groups attached to an aromatic ring is 1. The quantitative estimate of drug-likeness (QED) is 0.575. The number of pyridine rings is 1. The summed E-state index contributed by atoms with van der Waals surface area (Å²) in [5, 5.41) is 11.0. The van der Waals surface area contributed by atoms with Crippen molar-refractivity contribution in [3.05, 3.63) is 47.8 Å². The number of nitrogens with zero attached hydrogens (tertiary/aromatic N) is 5. The van der Waals surface area contributed by atoms with Crippen LogP contribution >= 0.6 is 0 Å². The van der Waals surface area contributed by atoms with E-state index in [1.165, 1.54) is 11.1 Å². The molecule has 8 nitrogen and oxygen atoms in total. The molecule has 1 aromatic carbocycles. The minimum absolute atomic E-state index is 0.212. The van der Waals surface area contributed by atoms with Crippen molar-refractivity contribution in [3.63, 3.8) is 0 Å². The standard InChI is InChI=1S/C17H15N7O/c18-16-15(22-25-23-16)17-21-13-9-20-6-4-14(13)24(17)12-2-1-10-3-5-19-8-11(10)7-12/h1-2,4,6-7,9,19H,3,5,8H2,(H2,18,23). The SMILES string of the molecule is Nc1nonc1-c1nc2cnccc2n1-c1ccc2c(c1)CNCC2. The zero-order chi connectivity index (χ0) is 16.8. The van der Waals surface area contributed by atoms with Crippen LogP contribution in [0.1, 0.15) is 11.1 Å². The Morgan fingerprint density at radius 2 is 2.12 bits per heavy atom. The van der Waals surface area contributed by atoms with Gasteiger partial charge in [0.1, 0.15) is 5.52 Å². The highest BCUT2D eigenvalue weighted by molar-refractivity contribution is 5.83. The number of fused-ring (bicyclic) bond motifs is 2. The monoisotopic (exact) mass is 333 g/mol. The number of hydrogen-bond acceptors (Lipinski definition) is 7. The Kier molecular flexibility index (Phi) is 3.04. The van der Waals surface area contributed by atoms with Gasteiger partial charge in [-0.15, -0.1) is 0 Å². The summed E-state index contributed by atoms with van der Waals surface area (Å²) in [6.07, 6.45) is 4.50. The third-order valence-electron chi connectivity index (χ3n) is 4.52. The third-order valence-corrected chi connectivity index (χ3v) is 4.52. The van der Waals surface area contributed by atoms with Gasteiger partial charge in [0.2, 0.25) is 0 Å². The highest BCUT2D eigenvalue weighted by Gasteiger charge is 2.21. The van der Waals surface area contributed by atoms with Gasteiger partial charge in [0.05, 0.1) is 11.7 Å². The smallest absolute Gasteiger partial charge is 0.199 e. The highest BCUT2D eigenvalue weighted by Crippen LogP contribution is 2.30. The van der Waals surface area contributed by atoms with Crippen LogP contribution in [0, 0.1) is 0 Å². The van der Waals surface area contributed by atoms with Crippen molar-refractivity contribution in [1.29, 1.82) is 0 Å². The lowest BCUT2D eigenvalue weighted by Crippen LogP contribution is -2.23. The zero-order valence-electron chi connectivity index (χ0n) is 13.3. The van der Waals surface area contributed by atoms with Crippen molar-refractivity contribution in [3.8, 4) is 17.2 Å². The molecule has 0 amide bonds. The molecule has 0 fully saturated rings. The summed E-state index contributed by atoms with van der Waals surface area (Å²) in [4.78, 5) is 8.81. The molecule has 0 radical (unpaired) electrons. The van der Waals surface area contributed by atoms with E-state index < -0.39 is 0 Å². The molecule has 5 rings (SSSR count). The van der Waals surface area contributed by atoms with Crippen molar-refractivity contribution in [2.75, 3.05) is 12.3 Å². The molecule has 0 bridgehead atoms. The van der Waals surface area contributed by atoms with Crippen LogP contribution in [0.2, 0.25) is 0 Å². The number of imidazole rings is 1. The van der Waals surface area contributed by atoms with Crippen LogP contribution < -0.4 is 11.1 Å². The third kappa shape index (κ3) is 2.18. The topological polar surface area (TPSA) is 108 Å². The van der Waals surface area contributed by atoms with E-state index in [-0.39, 0.29) is 5.82 Å². The lowest BCUT2D eigenvalue weighted by Gasteiger charge is -2.18. The van der Waals surface area contributed by atoms with Gasteiger partial charge in [0.25, 0.3) is 0 Å². The Hall–Kier alpha value is -3.26. The molecule has 0 atom stereocenters. The summed E-state index contributed by atoms with van der Waals surface area (Å²) >= 11 is 0. The molecule has 1 aliphatic rings. The van der Waals surface area contributed by atoms with Gasteiger partial charge in [-0.25, -0.2) is 9.61 Å². The van der Waals surface area contributed by atoms with Crippen LogP contribution in [-0.2, 0) is 13.0 Å². The second-order valence-electron chi connectivity index (χ2n) is 6.01. The Balaban J connectivity index is 1.79. The van der Waals surface area contributed by atoms with E-state index in [9.17, 15) is 0 Å². The fourth-order valence-electron chi connectivity index (χ4n) is 3.31. The van der Waals surface area contributed by atoms with Gasteiger partial charge in [-0.05, 0) is 52.6 Å². The van der Waals surface area contributed by atoms with E-state index in [1.807, 2.05) is 10.6 Å². The molecule has 0 saturated carbocycles. The van der Waals surface area contributed by atoms with Crippen molar-refractivity contribution in [1.82, 2.24) is 30.2 Å². The summed E-state index contributed by atoms with van der Waals surface area (Å²) in [5.41, 5.74) is 11.7. The van der Waals surface area contributed by atoms with Gasteiger partial charge in [-0.3, -0.25) is 9.55 Å². The number of rotatable bonds is 2. The molecule has 0 spiro atoms. The molecule has 4 heterocycles. The van der Waals surface area contributed by atoms with E-state index >= 15 is 0 Å². The van der Waals surface area contributed by atoms with Crippen molar-refractivity contribution in [2.45, 2.75) is 13.0 Å². The summed E-state index contributed by atoms with van der Waals surface area (Å²) in [6.45, 7) is 1.87. The fourth-order valence-corrected chi connectivity index (χ4v) is 3.31. The molecule has 4 aromatic rings. The maximum absolute atomic E-state index is 5.91. The Morgan fingerprint density at radius 3 is 3.00 bits per heavy atom. The van der Waals surface area contributed by atoms with Crippen LogP contribution in [0.5, 0.6) is 0 Å². The van der Waals surface area contributed by atoms with E-state index in [0.717, 1.165) is 36.2 Å². The summed E-state index contributed by atoms with van der Waals surface area (Å²) < 4.78 is 6.79. The van der Waals surface area contributed by atoms with E-state index in [0.29, 0.717) is 11.5 Å². The Bertz CT molecular complexity index is 1080. The van der Waals surface area contributed by atoms with Crippen LogP contribution in [0.3, 0.4) is 0 Å². The summed E-state index contributed by atoms with van der Waals surface area (Å²) in [7, 11) is 0. The molecular weight excluding hydrogens is 318 g/mol. The number of benzene rings is 1. The first-order valence-electron chi connectivity index (χ1n) is 8.05. The van der Waals surface area contributed by atoms with Gasteiger partial charge in [0.15, 0.2) is 17.3 Å². The Labute approximate surface area is 142 Å². The van der Waals surface area contributed by atoms with Crippen LogP contribution in [-0.4, -0.2) is 31.4 Å². The second-order valence-corrected chi connectivity index (χ2v) is 6.01. The fraction of sp³-hybridized carbons (Fsp3) is 0.176. The lowest BCUT2D eigenvalue weighted by atomic mass is 10.0. The molecule has 124 valence electrons. The predicted octanol–water partition coefficient (Wildman–Crippen LogP) is 1.70. The number of aromatic nitrogens is 5. The molecule has 3 aromatic heterocycles. The second kappa shape index (κ2) is 5.38. The molecular formula is C17H15N7O. The van der Waals surface area contributed by atoms with Crippen molar-refractivity contribution < 1.29 is 4.63 Å². The van der Waals surface area contributed by atoms with Gasteiger partial charge in [0, 0.05) is 18.4 Å². The first kappa shape index (κ1) is 14.1. The molecule has 0 aliphatic carbocycles. The minimum Gasteiger partial charge on any atom is -0.379 e. The van der Waals surface area contributed by atoms with Crippen molar-refractivity contribution >= 4 is 16.9 Å². The molecule has 0 saturated heterocycles. The molecule has 3 N–H and O–H groups in total. The number of hydrogen-bond donors (Lipinski definition) is 2. The molecule has 8 heteroatoms. The number of nitrogens with two attached hydrogens (primary N) is 1. The largest absolute Gasteiger partial charge is 0.379 e. The average molecular weight is 333 g/mol. The first-order valence-corrected chi connectivity index (χ1v) is 8.05. The molecule has 0 unspecified atom stereocenters. The van der Waals surface area contributed by atoms with Gasteiger partial charge < -0.3 is 11.1 Å². The van der Waals surface area contributed by atoms with Crippen LogP contribution in [0.15, 0.2) is 41.3 Å². The van der Waals surface area contributed by atoms with Gasteiger partial charge in [-0.2, -0.15) is 0 Å². The molecule has 1 aliphatic heterocycles. The normalized spacial score (nSPS) is 13.9. The Morgan fingerprint density at radius 1 is 1.16 bits per heavy atom. The zero-order valence-corrected chi connectivity index (χ0v) is 13.3. The van der Waals surface area contributed by atoms with Crippen LogP contribution in [0.25, 0.3) is 28.2 Å². The maximum Gasteiger partial charge on any atom is 0.199 e. The number of anilines is 1. The van der Waals surface area contributed by atoms with E-state index in [1.54, 1.807) is 12.4 Å². The van der Waals surface area contributed by atoms with Crippen LogP contribution in [0.4, 0.5) is 5.82 Å². The van der Waals surface area contributed by atoms with Crippen molar-refractivity contribution in [2.24, 2.45) is 0 Å². The first-order chi connectivity index (χ1) is 12.3. The summed E-state index contributed by atoms with van der Waals surface area (Å²) in [6, 6.07) is 8.37. The van der Waals surface area contributed by atoms with Gasteiger partial charge in [-0.1, -0.05) is 6.07 Å². The highest BCUT2D eigenvalue weighted by atomic mass is 16.6. The summed E-state index contributed by atoms with van der Waals surface area (Å²) in [5.74, 6) is 0.801. The lowest BCUT2D eigenvalue weighted by molar-refractivity contribution is 0.310. The minimum atomic E-state index is 0.212. The van der Waals surface area contributed by atoms with E-state index in [4.69, 9.17) is 10.4 Å². The maximum atomic E-state index is 5.91. The van der Waals surface area contributed by atoms with Gasteiger partial charge >= 0.3 is 0 Å². The molecule has 25 heavy (non-hydrogen) atoms. The predicted molar refractivity (Wildman–Crippen MR) is 92.0 cm³/mol. The average Bonchev–Trinajstić information content (AvgIpc) is 3.24. The number of nitrogens with one attached hydrogen (secondary N) is 1. The van der Waals surface area contributed by atoms with E-state index in [2.05, 4.69) is 43.8 Å².